The monoisotopic (exact) mass is 399 g/mol. The van der Waals surface area contributed by atoms with E-state index in [-0.39, 0.29) is 11.5 Å². The highest BCUT2D eigenvalue weighted by atomic mass is 16.2. The first-order valence-corrected chi connectivity index (χ1v) is 9.69. The molecule has 2 aromatic carbocycles. The summed E-state index contributed by atoms with van der Waals surface area (Å²) in [5, 5.41) is 7.02. The topological polar surface area (TPSA) is 92.7 Å². The first kappa shape index (κ1) is 19.3. The molecule has 4 rings (SSSR count). The molecule has 0 aliphatic carbocycles. The highest BCUT2D eigenvalue weighted by Crippen LogP contribution is 2.23. The Bertz CT molecular complexity index is 1200. The molecule has 150 valence electrons. The highest BCUT2D eigenvalue weighted by molar-refractivity contribution is 5.94. The predicted molar refractivity (Wildman–Crippen MR) is 114 cm³/mol. The molecule has 7 heteroatoms. The lowest BCUT2D eigenvalue weighted by molar-refractivity contribution is 0.0941. The number of benzene rings is 2. The summed E-state index contributed by atoms with van der Waals surface area (Å²) < 4.78 is 1.42. The van der Waals surface area contributed by atoms with E-state index in [4.69, 9.17) is 0 Å². The molecule has 4 aromatic rings. The van der Waals surface area contributed by atoms with Crippen molar-refractivity contribution in [2.45, 2.75) is 19.4 Å². The van der Waals surface area contributed by atoms with E-state index in [9.17, 15) is 9.59 Å². The smallest absolute Gasteiger partial charge is 0.265 e. The summed E-state index contributed by atoms with van der Waals surface area (Å²) in [4.78, 5) is 32.3. The largest absolute Gasteiger partial charge is 0.341 e. The maximum atomic E-state index is 13.0. The van der Waals surface area contributed by atoms with Gasteiger partial charge < -0.3 is 5.32 Å². The minimum atomic E-state index is -0.526. The molecule has 0 saturated carbocycles. The third kappa shape index (κ3) is 4.05. The van der Waals surface area contributed by atoms with Crippen LogP contribution in [0.4, 0.5) is 0 Å². The lowest BCUT2D eigenvalue weighted by Gasteiger charge is -2.20. The molecule has 0 fully saturated rings. The van der Waals surface area contributed by atoms with E-state index in [1.807, 2.05) is 42.5 Å². The number of H-pyrrole nitrogens is 1. The molecule has 2 heterocycles. The van der Waals surface area contributed by atoms with Gasteiger partial charge in [0.2, 0.25) is 5.95 Å². The predicted octanol–water partition coefficient (Wildman–Crippen LogP) is 3.04. The number of aromatic amines is 1. The number of aryl methyl sites for hydroxylation is 1. The van der Waals surface area contributed by atoms with Gasteiger partial charge in [-0.3, -0.25) is 14.6 Å². The van der Waals surface area contributed by atoms with Crippen molar-refractivity contribution in [3.63, 3.8) is 0 Å². The van der Waals surface area contributed by atoms with Crippen molar-refractivity contribution in [1.29, 1.82) is 0 Å². The summed E-state index contributed by atoms with van der Waals surface area (Å²) >= 11 is 0. The Morgan fingerprint density at radius 3 is 2.60 bits per heavy atom. The SMILES string of the molecule is CCc1cccc(C(NC(=O)c2cnc(-n3cccn3)[nH]c2=O)c2ccccc2)c1. The number of nitrogens with one attached hydrogen (secondary N) is 2. The summed E-state index contributed by atoms with van der Waals surface area (Å²) in [6.45, 7) is 2.08. The molecule has 1 unspecified atom stereocenters. The van der Waals surface area contributed by atoms with Crippen LogP contribution in [0.3, 0.4) is 0 Å². The molecule has 0 bridgehead atoms. The zero-order valence-corrected chi connectivity index (χ0v) is 16.4. The third-order valence-electron chi connectivity index (χ3n) is 4.85. The zero-order chi connectivity index (χ0) is 20.9. The lowest BCUT2D eigenvalue weighted by atomic mass is 9.96. The number of carbonyl (C=O) groups excluding carboxylic acids is 1. The van der Waals surface area contributed by atoms with Crippen LogP contribution in [0.2, 0.25) is 0 Å². The molecule has 0 aliphatic rings. The van der Waals surface area contributed by atoms with Gasteiger partial charge in [0.15, 0.2) is 0 Å². The Hall–Kier alpha value is -4.00. The summed E-state index contributed by atoms with van der Waals surface area (Å²) in [5.41, 5.74) is 2.47. The average Bonchev–Trinajstić information content (AvgIpc) is 3.33. The first-order chi connectivity index (χ1) is 14.7. The molecular weight excluding hydrogens is 378 g/mol. The van der Waals surface area contributed by atoms with Crippen molar-refractivity contribution in [2.75, 3.05) is 0 Å². The average molecular weight is 399 g/mol. The Morgan fingerprint density at radius 1 is 1.10 bits per heavy atom. The number of aromatic nitrogens is 4. The normalized spacial score (nSPS) is 11.8. The van der Waals surface area contributed by atoms with Gasteiger partial charge in [0.1, 0.15) is 5.56 Å². The van der Waals surface area contributed by atoms with Crippen LogP contribution in [-0.2, 0) is 6.42 Å². The maximum absolute atomic E-state index is 13.0. The van der Waals surface area contributed by atoms with Crippen LogP contribution < -0.4 is 10.9 Å². The van der Waals surface area contributed by atoms with Crippen molar-refractivity contribution >= 4 is 5.91 Å². The molecule has 0 saturated heterocycles. The van der Waals surface area contributed by atoms with E-state index in [0.29, 0.717) is 0 Å². The molecule has 0 spiro atoms. The Morgan fingerprint density at radius 2 is 1.90 bits per heavy atom. The number of carbonyl (C=O) groups is 1. The Labute approximate surface area is 173 Å². The zero-order valence-electron chi connectivity index (χ0n) is 16.4. The van der Waals surface area contributed by atoms with Crippen LogP contribution in [0.1, 0.15) is 40.0 Å². The molecule has 1 amide bonds. The van der Waals surface area contributed by atoms with Gasteiger partial charge in [-0.1, -0.05) is 61.5 Å². The molecule has 2 N–H and O–H groups in total. The molecule has 0 radical (unpaired) electrons. The standard InChI is InChI=1S/C23H21N5O2/c1-2-16-8-6-11-18(14-16)20(17-9-4-3-5-10-17)26-21(29)19-15-24-23(27-22(19)30)28-13-7-12-25-28/h3-15,20H,2H2,1H3,(H,26,29)(H,24,27,30). The molecule has 0 aliphatic heterocycles. The van der Waals surface area contributed by atoms with Gasteiger partial charge in [-0.15, -0.1) is 0 Å². The third-order valence-corrected chi connectivity index (χ3v) is 4.85. The second-order valence-electron chi connectivity index (χ2n) is 6.82. The molecule has 7 nitrogen and oxygen atoms in total. The van der Waals surface area contributed by atoms with E-state index in [1.54, 1.807) is 18.5 Å². The fraction of sp³-hybridized carbons (Fsp3) is 0.130. The number of hydrogen-bond donors (Lipinski definition) is 2. The lowest BCUT2D eigenvalue weighted by Crippen LogP contribution is -2.34. The van der Waals surface area contributed by atoms with E-state index >= 15 is 0 Å². The van der Waals surface area contributed by atoms with Gasteiger partial charge in [-0.25, -0.2) is 9.67 Å². The van der Waals surface area contributed by atoms with Crippen molar-refractivity contribution < 1.29 is 4.79 Å². The van der Waals surface area contributed by atoms with E-state index < -0.39 is 17.5 Å². The Balaban J connectivity index is 1.66. The van der Waals surface area contributed by atoms with Crippen LogP contribution in [0.5, 0.6) is 0 Å². The first-order valence-electron chi connectivity index (χ1n) is 9.69. The molecular formula is C23H21N5O2. The number of hydrogen-bond acceptors (Lipinski definition) is 4. The summed E-state index contributed by atoms with van der Waals surface area (Å²) in [6.07, 6.45) is 5.40. The van der Waals surface area contributed by atoms with Crippen molar-refractivity contribution in [3.05, 3.63) is 112 Å². The van der Waals surface area contributed by atoms with Crippen LogP contribution in [0.15, 0.2) is 84.0 Å². The van der Waals surface area contributed by atoms with Crippen molar-refractivity contribution in [2.24, 2.45) is 0 Å². The van der Waals surface area contributed by atoms with Crippen LogP contribution in [0.25, 0.3) is 5.95 Å². The summed E-state index contributed by atoms with van der Waals surface area (Å²) in [5.74, 6) is -0.247. The number of amides is 1. The second kappa shape index (κ2) is 8.57. The van der Waals surface area contributed by atoms with Gasteiger partial charge in [0, 0.05) is 18.6 Å². The fourth-order valence-electron chi connectivity index (χ4n) is 3.26. The summed E-state index contributed by atoms with van der Waals surface area (Å²) in [7, 11) is 0. The van der Waals surface area contributed by atoms with E-state index in [2.05, 4.69) is 39.4 Å². The quantitative estimate of drug-likeness (QED) is 0.521. The van der Waals surface area contributed by atoms with Gasteiger partial charge in [-0.05, 0) is 29.2 Å². The molecule has 1 atom stereocenters. The van der Waals surface area contributed by atoms with Gasteiger partial charge in [-0.2, -0.15) is 5.10 Å². The number of rotatable bonds is 6. The maximum Gasteiger partial charge on any atom is 0.265 e. The minimum Gasteiger partial charge on any atom is -0.341 e. The minimum absolute atomic E-state index is 0.0570. The summed E-state index contributed by atoms with van der Waals surface area (Å²) in [6, 6.07) is 19.1. The number of nitrogens with zero attached hydrogens (tertiary/aromatic N) is 3. The van der Waals surface area contributed by atoms with Gasteiger partial charge >= 0.3 is 0 Å². The molecule has 30 heavy (non-hydrogen) atoms. The Kier molecular flexibility index (Phi) is 5.52. The van der Waals surface area contributed by atoms with Crippen molar-refractivity contribution in [3.8, 4) is 5.95 Å². The highest BCUT2D eigenvalue weighted by Gasteiger charge is 2.20. The van der Waals surface area contributed by atoms with Gasteiger partial charge in [0.05, 0.1) is 6.04 Å². The van der Waals surface area contributed by atoms with Crippen molar-refractivity contribution in [1.82, 2.24) is 25.1 Å². The van der Waals surface area contributed by atoms with Crippen LogP contribution in [0, 0.1) is 0 Å². The second-order valence-corrected chi connectivity index (χ2v) is 6.82. The van der Waals surface area contributed by atoms with Gasteiger partial charge in [0.25, 0.3) is 11.5 Å². The van der Waals surface area contributed by atoms with E-state index in [0.717, 1.165) is 17.5 Å². The van der Waals surface area contributed by atoms with Crippen LogP contribution >= 0.6 is 0 Å². The fourth-order valence-corrected chi connectivity index (χ4v) is 3.26. The molecule has 2 aromatic heterocycles. The van der Waals surface area contributed by atoms with E-state index in [1.165, 1.54) is 16.4 Å². The van der Waals surface area contributed by atoms with Crippen LogP contribution in [-0.4, -0.2) is 25.7 Å².